The Bertz CT molecular complexity index is 519. The molecule has 0 radical (unpaired) electrons. The van der Waals surface area contributed by atoms with Gasteiger partial charge in [0.2, 0.25) is 0 Å². The number of methoxy groups -OCH3 is 1. The zero-order valence-corrected chi connectivity index (χ0v) is 12.3. The Balaban J connectivity index is 1.78. The lowest BCUT2D eigenvalue weighted by Gasteiger charge is -2.08. The summed E-state index contributed by atoms with van der Waals surface area (Å²) in [5.41, 5.74) is 1.01. The first-order valence-electron chi connectivity index (χ1n) is 6.05. The third-order valence-electron chi connectivity index (χ3n) is 2.59. The van der Waals surface area contributed by atoms with Crippen molar-refractivity contribution in [3.63, 3.8) is 0 Å². The van der Waals surface area contributed by atoms with Gasteiger partial charge in [-0.05, 0) is 30.3 Å². The van der Waals surface area contributed by atoms with Crippen LogP contribution in [0.4, 0.5) is 5.69 Å². The molecule has 0 unspecified atom stereocenters. The summed E-state index contributed by atoms with van der Waals surface area (Å²) in [5, 5.41) is 3.97. The lowest BCUT2D eigenvalue weighted by Crippen LogP contribution is -2.03. The monoisotopic (exact) mass is 293 g/mol. The van der Waals surface area contributed by atoms with Crippen molar-refractivity contribution in [3.8, 4) is 5.75 Å². The van der Waals surface area contributed by atoms with Crippen molar-refractivity contribution in [2.24, 2.45) is 0 Å². The maximum Gasteiger partial charge on any atom is 0.137 e. The molecule has 0 heterocycles. The zero-order chi connectivity index (χ0) is 13.5. The van der Waals surface area contributed by atoms with Crippen molar-refractivity contribution >= 4 is 29.1 Å². The van der Waals surface area contributed by atoms with E-state index in [4.69, 9.17) is 16.3 Å². The van der Waals surface area contributed by atoms with E-state index in [0.29, 0.717) is 10.8 Å². The summed E-state index contributed by atoms with van der Waals surface area (Å²) < 4.78 is 5.12. The largest absolute Gasteiger partial charge is 0.495 e. The van der Waals surface area contributed by atoms with E-state index in [0.717, 1.165) is 18.0 Å². The van der Waals surface area contributed by atoms with E-state index in [9.17, 15) is 0 Å². The molecule has 1 N–H and O–H groups in total. The quantitative estimate of drug-likeness (QED) is 0.623. The van der Waals surface area contributed by atoms with Gasteiger partial charge in [0.15, 0.2) is 0 Å². The summed E-state index contributed by atoms with van der Waals surface area (Å²) in [6.45, 7) is 0.891. The first kappa shape index (κ1) is 14.1. The molecular weight excluding hydrogens is 278 g/mol. The van der Waals surface area contributed by atoms with E-state index in [1.807, 2.05) is 36.0 Å². The highest BCUT2D eigenvalue weighted by molar-refractivity contribution is 7.99. The molecule has 2 nitrogen and oxygen atoms in total. The molecule has 0 aliphatic carbocycles. The van der Waals surface area contributed by atoms with Crippen molar-refractivity contribution in [3.05, 3.63) is 53.6 Å². The Labute approximate surface area is 123 Å². The van der Waals surface area contributed by atoms with Crippen LogP contribution in [0.3, 0.4) is 0 Å². The van der Waals surface area contributed by atoms with Crippen LogP contribution in [0.15, 0.2) is 53.4 Å². The predicted octanol–water partition coefficient (Wildman–Crippen LogP) is 4.55. The highest BCUT2D eigenvalue weighted by Gasteiger charge is 2.01. The minimum Gasteiger partial charge on any atom is -0.495 e. The van der Waals surface area contributed by atoms with Gasteiger partial charge in [-0.1, -0.05) is 29.8 Å². The number of ether oxygens (including phenoxy) is 1. The van der Waals surface area contributed by atoms with Crippen LogP contribution >= 0.6 is 23.4 Å². The third kappa shape index (κ3) is 4.37. The standard InChI is InChI=1S/C15H16ClNOS/c1-18-15-8-7-12(11-14(15)16)17-9-10-19-13-5-3-2-4-6-13/h2-8,11,17H,9-10H2,1H3. The van der Waals surface area contributed by atoms with Crippen LogP contribution in [0.25, 0.3) is 0 Å². The fourth-order valence-corrected chi connectivity index (χ4v) is 2.70. The maximum atomic E-state index is 6.07. The lowest BCUT2D eigenvalue weighted by atomic mass is 10.3. The molecule has 2 aromatic carbocycles. The van der Waals surface area contributed by atoms with Crippen LogP contribution in [0, 0.1) is 0 Å². The molecule has 19 heavy (non-hydrogen) atoms. The summed E-state index contributed by atoms with van der Waals surface area (Å²) in [6, 6.07) is 16.1. The van der Waals surface area contributed by atoms with Crippen LogP contribution < -0.4 is 10.1 Å². The Morgan fingerprint density at radius 1 is 1.16 bits per heavy atom. The molecule has 100 valence electrons. The molecular formula is C15H16ClNOS. The molecule has 0 amide bonds. The van der Waals surface area contributed by atoms with Gasteiger partial charge in [0.1, 0.15) is 5.75 Å². The molecule has 0 atom stereocenters. The number of anilines is 1. The highest BCUT2D eigenvalue weighted by Crippen LogP contribution is 2.27. The van der Waals surface area contributed by atoms with Gasteiger partial charge in [-0.15, -0.1) is 11.8 Å². The van der Waals surface area contributed by atoms with Crippen molar-refractivity contribution in [2.45, 2.75) is 4.90 Å². The van der Waals surface area contributed by atoms with Gasteiger partial charge in [-0.3, -0.25) is 0 Å². The molecule has 0 bridgehead atoms. The zero-order valence-electron chi connectivity index (χ0n) is 10.7. The van der Waals surface area contributed by atoms with Crippen LogP contribution in [0.2, 0.25) is 5.02 Å². The second-order valence-electron chi connectivity index (χ2n) is 3.94. The van der Waals surface area contributed by atoms with Crippen LogP contribution in [-0.4, -0.2) is 19.4 Å². The Morgan fingerprint density at radius 2 is 1.95 bits per heavy atom. The average molecular weight is 294 g/mol. The molecule has 0 aliphatic heterocycles. The van der Waals surface area contributed by atoms with Crippen LogP contribution in [0.5, 0.6) is 5.75 Å². The summed E-state index contributed by atoms with van der Waals surface area (Å²) in [7, 11) is 1.62. The maximum absolute atomic E-state index is 6.07. The van der Waals surface area contributed by atoms with Gasteiger partial charge in [0.05, 0.1) is 12.1 Å². The number of nitrogens with one attached hydrogen (secondary N) is 1. The Morgan fingerprint density at radius 3 is 2.63 bits per heavy atom. The summed E-state index contributed by atoms with van der Waals surface area (Å²) >= 11 is 7.90. The topological polar surface area (TPSA) is 21.3 Å². The number of hydrogen-bond acceptors (Lipinski definition) is 3. The normalized spacial score (nSPS) is 10.2. The Kier molecular flexibility index (Phi) is 5.43. The number of halogens is 1. The summed E-state index contributed by atoms with van der Waals surface area (Å²) in [5.74, 6) is 1.71. The molecule has 0 fully saturated rings. The van der Waals surface area contributed by atoms with Gasteiger partial charge in [0.25, 0.3) is 0 Å². The second-order valence-corrected chi connectivity index (χ2v) is 5.51. The van der Waals surface area contributed by atoms with Crippen LogP contribution in [0.1, 0.15) is 0 Å². The number of rotatable bonds is 6. The molecule has 2 rings (SSSR count). The average Bonchev–Trinajstić information content (AvgIpc) is 2.45. The minimum atomic E-state index is 0.628. The fourth-order valence-electron chi connectivity index (χ4n) is 1.66. The lowest BCUT2D eigenvalue weighted by molar-refractivity contribution is 0.415. The smallest absolute Gasteiger partial charge is 0.137 e. The van der Waals surface area contributed by atoms with Crippen molar-refractivity contribution < 1.29 is 4.74 Å². The molecule has 0 saturated heterocycles. The minimum absolute atomic E-state index is 0.628. The van der Waals surface area contributed by atoms with Gasteiger partial charge in [-0.25, -0.2) is 0 Å². The number of benzene rings is 2. The van der Waals surface area contributed by atoms with E-state index < -0.39 is 0 Å². The molecule has 4 heteroatoms. The number of hydrogen-bond donors (Lipinski definition) is 1. The highest BCUT2D eigenvalue weighted by atomic mass is 35.5. The third-order valence-corrected chi connectivity index (χ3v) is 3.90. The van der Waals surface area contributed by atoms with Gasteiger partial charge in [0, 0.05) is 22.9 Å². The summed E-state index contributed by atoms with van der Waals surface area (Å²) in [6.07, 6.45) is 0. The molecule has 2 aromatic rings. The van der Waals surface area contributed by atoms with Crippen molar-refractivity contribution in [2.75, 3.05) is 24.7 Å². The summed E-state index contributed by atoms with van der Waals surface area (Å²) in [4.78, 5) is 1.29. The molecule has 0 saturated carbocycles. The van der Waals surface area contributed by atoms with E-state index in [1.54, 1.807) is 7.11 Å². The predicted molar refractivity (Wildman–Crippen MR) is 83.7 cm³/mol. The molecule has 0 aromatic heterocycles. The molecule has 0 aliphatic rings. The van der Waals surface area contributed by atoms with Gasteiger partial charge >= 0.3 is 0 Å². The first-order chi connectivity index (χ1) is 9.29. The Hall–Kier alpha value is -1.32. The fraction of sp³-hybridized carbons (Fsp3) is 0.200. The first-order valence-corrected chi connectivity index (χ1v) is 7.41. The van der Waals surface area contributed by atoms with E-state index in [2.05, 4.69) is 29.6 Å². The van der Waals surface area contributed by atoms with E-state index >= 15 is 0 Å². The molecule has 0 spiro atoms. The second kappa shape index (κ2) is 7.31. The van der Waals surface area contributed by atoms with Gasteiger partial charge < -0.3 is 10.1 Å². The van der Waals surface area contributed by atoms with E-state index in [1.165, 1.54) is 4.90 Å². The number of thioether (sulfide) groups is 1. The van der Waals surface area contributed by atoms with E-state index in [-0.39, 0.29) is 0 Å². The van der Waals surface area contributed by atoms with Crippen LogP contribution in [-0.2, 0) is 0 Å². The van der Waals surface area contributed by atoms with Gasteiger partial charge in [-0.2, -0.15) is 0 Å². The SMILES string of the molecule is COc1ccc(NCCSc2ccccc2)cc1Cl. The van der Waals surface area contributed by atoms with Crippen molar-refractivity contribution in [1.82, 2.24) is 0 Å². The van der Waals surface area contributed by atoms with Crippen molar-refractivity contribution in [1.29, 1.82) is 0 Å².